The van der Waals surface area contributed by atoms with Gasteiger partial charge >= 0.3 is 0 Å². The highest BCUT2D eigenvalue weighted by molar-refractivity contribution is 5.81. The number of methoxy groups -OCH3 is 1. The Bertz CT molecular complexity index is 605. The molecule has 138 valence electrons. The normalized spacial score (nSPS) is 26.1. The summed E-state index contributed by atoms with van der Waals surface area (Å²) in [4.78, 5) is 18.7. The highest BCUT2D eigenvalue weighted by atomic mass is 16.5. The van der Waals surface area contributed by atoms with Crippen LogP contribution < -0.4 is 0 Å². The Morgan fingerprint density at radius 2 is 2.12 bits per heavy atom. The molecule has 1 atom stereocenters. The fourth-order valence-corrected chi connectivity index (χ4v) is 4.18. The number of carbonyl (C=O) groups excluding carboxylic acids is 1. The molecule has 4 rings (SSSR count). The zero-order chi connectivity index (χ0) is 17.3. The molecule has 1 aromatic rings. The molecule has 1 saturated carbocycles. The van der Waals surface area contributed by atoms with Gasteiger partial charge in [0, 0.05) is 39.1 Å². The van der Waals surface area contributed by atoms with Crippen LogP contribution in [0.25, 0.3) is 0 Å². The van der Waals surface area contributed by atoms with Crippen molar-refractivity contribution in [1.82, 2.24) is 15.0 Å². The maximum Gasteiger partial charge on any atom is 0.227 e. The van der Waals surface area contributed by atoms with Crippen LogP contribution in [0.3, 0.4) is 0 Å². The van der Waals surface area contributed by atoms with Crippen molar-refractivity contribution >= 4 is 5.91 Å². The van der Waals surface area contributed by atoms with Gasteiger partial charge in [-0.2, -0.15) is 4.98 Å². The van der Waals surface area contributed by atoms with Crippen molar-refractivity contribution in [3.63, 3.8) is 0 Å². The summed E-state index contributed by atoms with van der Waals surface area (Å²) in [6, 6.07) is 0. The lowest BCUT2D eigenvalue weighted by Crippen LogP contribution is -2.51. The van der Waals surface area contributed by atoms with Gasteiger partial charge in [-0.3, -0.25) is 4.79 Å². The summed E-state index contributed by atoms with van der Waals surface area (Å²) >= 11 is 0. The van der Waals surface area contributed by atoms with E-state index in [1.807, 2.05) is 4.90 Å². The van der Waals surface area contributed by atoms with Crippen molar-refractivity contribution in [2.45, 2.75) is 57.2 Å². The quantitative estimate of drug-likeness (QED) is 0.809. The highest BCUT2D eigenvalue weighted by Crippen LogP contribution is 2.40. The molecule has 1 aliphatic carbocycles. The number of hydrogen-bond donors (Lipinski definition) is 0. The standard InChI is InChI=1S/C18H27N3O4/c1-23-12-15-19-16(25-20-15)10-13-4-9-24-18(11-13)5-7-21(8-6-18)17(22)14-2-3-14/h13-14H,2-12H2,1H3. The average molecular weight is 349 g/mol. The Hall–Kier alpha value is -1.47. The van der Waals surface area contributed by atoms with Gasteiger partial charge < -0.3 is 18.9 Å². The molecule has 3 aliphatic rings. The number of piperidine rings is 1. The van der Waals surface area contributed by atoms with Crippen LogP contribution in [0.2, 0.25) is 0 Å². The lowest BCUT2D eigenvalue weighted by molar-refractivity contribution is -0.148. The van der Waals surface area contributed by atoms with Gasteiger partial charge in [-0.05, 0) is 44.4 Å². The SMILES string of the molecule is COCc1noc(CC2CCOC3(CCN(C(=O)C4CC4)CC3)C2)n1. The van der Waals surface area contributed by atoms with E-state index in [4.69, 9.17) is 14.0 Å². The molecule has 3 heterocycles. The van der Waals surface area contributed by atoms with Gasteiger partial charge in [-0.15, -0.1) is 0 Å². The first kappa shape index (κ1) is 17.0. The van der Waals surface area contributed by atoms with Gasteiger partial charge in [0.1, 0.15) is 6.61 Å². The van der Waals surface area contributed by atoms with Crippen LogP contribution in [-0.2, 0) is 27.3 Å². The number of nitrogens with zero attached hydrogens (tertiary/aromatic N) is 3. The molecule has 0 radical (unpaired) electrons. The predicted molar refractivity (Wildman–Crippen MR) is 88.7 cm³/mol. The molecule has 3 fully saturated rings. The molecule has 7 heteroatoms. The van der Waals surface area contributed by atoms with Gasteiger partial charge in [-0.25, -0.2) is 0 Å². The van der Waals surface area contributed by atoms with Crippen LogP contribution in [-0.4, -0.2) is 53.4 Å². The van der Waals surface area contributed by atoms with Crippen LogP contribution in [0, 0.1) is 11.8 Å². The first-order chi connectivity index (χ1) is 12.2. The Balaban J connectivity index is 1.32. The number of aromatic nitrogens is 2. The van der Waals surface area contributed by atoms with Crippen LogP contribution in [0.5, 0.6) is 0 Å². The van der Waals surface area contributed by atoms with E-state index in [1.54, 1.807) is 7.11 Å². The zero-order valence-electron chi connectivity index (χ0n) is 14.9. The molecule has 25 heavy (non-hydrogen) atoms. The number of hydrogen-bond acceptors (Lipinski definition) is 6. The second-order valence-corrected chi connectivity index (χ2v) is 7.73. The lowest BCUT2D eigenvalue weighted by Gasteiger charge is -2.46. The van der Waals surface area contributed by atoms with E-state index in [1.165, 1.54) is 0 Å². The van der Waals surface area contributed by atoms with E-state index in [0.717, 1.165) is 64.6 Å². The summed E-state index contributed by atoms with van der Waals surface area (Å²) in [5.41, 5.74) is -0.0708. The van der Waals surface area contributed by atoms with E-state index in [2.05, 4.69) is 10.1 Å². The maximum absolute atomic E-state index is 12.2. The molecule has 2 saturated heterocycles. The van der Waals surface area contributed by atoms with Crippen molar-refractivity contribution < 1.29 is 18.8 Å². The minimum Gasteiger partial charge on any atom is -0.377 e. The fraction of sp³-hybridized carbons (Fsp3) is 0.833. The number of ether oxygens (including phenoxy) is 2. The van der Waals surface area contributed by atoms with Crippen molar-refractivity contribution in [1.29, 1.82) is 0 Å². The summed E-state index contributed by atoms with van der Waals surface area (Å²) in [7, 11) is 1.62. The minimum atomic E-state index is -0.0708. The van der Waals surface area contributed by atoms with E-state index in [0.29, 0.717) is 36.1 Å². The maximum atomic E-state index is 12.2. The molecular formula is C18H27N3O4. The predicted octanol–water partition coefficient (Wildman–Crippen LogP) is 1.96. The van der Waals surface area contributed by atoms with Crippen LogP contribution in [0.4, 0.5) is 0 Å². The average Bonchev–Trinajstić information content (AvgIpc) is 3.37. The molecule has 0 N–H and O–H groups in total. The third kappa shape index (κ3) is 3.87. The van der Waals surface area contributed by atoms with Crippen LogP contribution in [0.15, 0.2) is 4.52 Å². The molecule has 1 spiro atoms. The third-order valence-electron chi connectivity index (χ3n) is 5.75. The number of likely N-dealkylation sites (tertiary alicyclic amines) is 1. The Morgan fingerprint density at radius 1 is 1.32 bits per heavy atom. The Labute approximate surface area is 148 Å². The van der Waals surface area contributed by atoms with Gasteiger partial charge in [0.05, 0.1) is 5.60 Å². The van der Waals surface area contributed by atoms with Crippen molar-refractivity contribution in [2.24, 2.45) is 11.8 Å². The van der Waals surface area contributed by atoms with E-state index >= 15 is 0 Å². The first-order valence-electron chi connectivity index (χ1n) is 9.41. The number of amides is 1. The third-order valence-corrected chi connectivity index (χ3v) is 5.75. The van der Waals surface area contributed by atoms with Gasteiger partial charge in [0.25, 0.3) is 0 Å². The van der Waals surface area contributed by atoms with Gasteiger partial charge in [0.2, 0.25) is 11.8 Å². The van der Waals surface area contributed by atoms with Crippen molar-refractivity contribution in [3.8, 4) is 0 Å². The largest absolute Gasteiger partial charge is 0.377 e. The topological polar surface area (TPSA) is 77.7 Å². The van der Waals surface area contributed by atoms with Crippen molar-refractivity contribution in [2.75, 3.05) is 26.8 Å². The number of rotatable bonds is 5. The van der Waals surface area contributed by atoms with Gasteiger partial charge in [-0.1, -0.05) is 5.16 Å². The lowest BCUT2D eigenvalue weighted by atomic mass is 9.78. The monoisotopic (exact) mass is 349 g/mol. The first-order valence-corrected chi connectivity index (χ1v) is 9.41. The Kier molecular flexibility index (Phi) is 4.78. The smallest absolute Gasteiger partial charge is 0.227 e. The zero-order valence-corrected chi connectivity index (χ0v) is 14.9. The molecule has 1 aromatic heterocycles. The molecule has 0 bridgehead atoms. The van der Waals surface area contributed by atoms with Crippen LogP contribution >= 0.6 is 0 Å². The summed E-state index contributed by atoms with van der Waals surface area (Å²) in [5, 5.41) is 3.94. The summed E-state index contributed by atoms with van der Waals surface area (Å²) in [6.45, 7) is 2.83. The van der Waals surface area contributed by atoms with E-state index in [9.17, 15) is 4.79 Å². The van der Waals surface area contributed by atoms with E-state index < -0.39 is 0 Å². The summed E-state index contributed by atoms with van der Waals surface area (Å²) in [6.07, 6.45) is 6.88. The molecular weight excluding hydrogens is 322 g/mol. The second kappa shape index (κ2) is 7.03. The molecule has 1 unspecified atom stereocenters. The van der Waals surface area contributed by atoms with E-state index in [-0.39, 0.29) is 5.60 Å². The fourth-order valence-electron chi connectivity index (χ4n) is 4.18. The van der Waals surface area contributed by atoms with Crippen molar-refractivity contribution in [3.05, 3.63) is 11.7 Å². The van der Waals surface area contributed by atoms with Crippen LogP contribution in [0.1, 0.15) is 50.2 Å². The summed E-state index contributed by atoms with van der Waals surface area (Å²) < 4.78 is 16.6. The molecule has 0 aromatic carbocycles. The highest BCUT2D eigenvalue weighted by Gasteiger charge is 2.43. The minimum absolute atomic E-state index is 0.0708. The Morgan fingerprint density at radius 3 is 2.84 bits per heavy atom. The molecule has 2 aliphatic heterocycles. The summed E-state index contributed by atoms with van der Waals surface area (Å²) in [5.74, 6) is 2.46. The molecule has 1 amide bonds. The molecule has 7 nitrogen and oxygen atoms in total. The number of carbonyl (C=O) groups is 1. The second-order valence-electron chi connectivity index (χ2n) is 7.73. The van der Waals surface area contributed by atoms with Gasteiger partial charge in [0.15, 0.2) is 5.82 Å².